The van der Waals surface area contributed by atoms with Crippen molar-refractivity contribution in [2.75, 3.05) is 18.0 Å². The fraction of sp³-hybridized carbons (Fsp3) is 0.500. The van der Waals surface area contributed by atoms with Gasteiger partial charge >= 0.3 is 5.97 Å². The maximum atomic E-state index is 12.9. The molecule has 1 aromatic rings. The topological polar surface area (TPSA) is 66.3 Å². The van der Waals surface area contributed by atoms with E-state index in [0.29, 0.717) is 31.9 Å². The van der Waals surface area contributed by atoms with E-state index in [-0.39, 0.29) is 11.1 Å². The second-order valence-electron chi connectivity index (χ2n) is 3.91. The monoisotopic (exact) mass is 259 g/mol. The third kappa shape index (κ3) is 2.63. The number of carboxylic acid groups (broad SMARTS) is 1. The summed E-state index contributed by atoms with van der Waals surface area (Å²) in [5, 5.41) is 8.64. The second kappa shape index (κ2) is 4.83. The van der Waals surface area contributed by atoms with Crippen molar-refractivity contribution in [3.05, 3.63) is 17.2 Å². The summed E-state index contributed by atoms with van der Waals surface area (Å²) in [5.74, 6) is -1.40. The Bertz CT molecular complexity index is 436. The zero-order chi connectivity index (χ0) is 12.4. The maximum Gasteiger partial charge on any atom is 0.306 e. The molecule has 0 bridgehead atoms. The van der Waals surface area contributed by atoms with Crippen molar-refractivity contribution in [2.24, 2.45) is 5.92 Å². The van der Waals surface area contributed by atoms with Crippen LogP contribution >= 0.6 is 11.6 Å². The largest absolute Gasteiger partial charge is 0.481 e. The quantitative estimate of drug-likeness (QED) is 0.817. The van der Waals surface area contributed by atoms with E-state index >= 15 is 0 Å². The fourth-order valence-electron chi connectivity index (χ4n) is 1.82. The minimum absolute atomic E-state index is 0.213. The molecule has 17 heavy (non-hydrogen) atoms. The van der Waals surface area contributed by atoms with Gasteiger partial charge in [-0.15, -0.1) is 0 Å². The van der Waals surface area contributed by atoms with Crippen molar-refractivity contribution in [3.63, 3.8) is 0 Å². The van der Waals surface area contributed by atoms with Crippen molar-refractivity contribution in [1.29, 1.82) is 0 Å². The van der Waals surface area contributed by atoms with Crippen LogP contribution in [0.15, 0.2) is 6.20 Å². The summed E-state index contributed by atoms with van der Waals surface area (Å²) < 4.78 is 12.9. The molecule has 0 atom stereocenters. The van der Waals surface area contributed by atoms with Crippen LogP contribution in [0.3, 0.4) is 0 Å². The number of nitrogens with zero attached hydrogens (tertiary/aromatic N) is 3. The Morgan fingerprint density at radius 3 is 2.71 bits per heavy atom. The molecule has 1 aliphatic heterocycles. The Morgan fingerprint density at radius 1 is 1.53 bits per heavy atom. The number of rotatable bonds is 2. The molecule has 1 aliphatic rings. The molecule has 2 heterocycles. The van der Waals surface area contributed by atoms with E-state index in [1.807, 2.05) is 4.90 Å². The first-order valence-corrected chi connectivity index (χ1v) is 5.61. The smallest absolute Gasteiger partial charge is 0.306 e. The van der Waals surface area contributed by atoms with Crippen LogP contribution in [0.1, 0.15) is 12.8 Å². The molecule has 1 fully saturated rings. The van der Waals surface area contributed by atoms with E-state index in [4.69, 9.17) is 16.7 Å². The number of hydrogen-bond acceptors (Lipinski definition) is 4. The van der Waals surface area contributed by atoms with Crippen LogP contribution < -0.4 is 4.90 Å². The molecule has 1 saturated heterocycles. The van der Waals surface area contributed by atoms with Gasteiger partial charge in [-0.25, -0.2) is 9.37 Å². The van der Waals surface area contributed by atoms with Gasteiger partial charge in [0.2, 0.25) is 5.95 Å². The van der Waals surface area contributed by atoms with Crippen molar-refractivity contribution in [1.82, 2.24) is 9.97 Å². The third-order valence-corrected chi connectivity index (χ3v) is 3.08. The number of piperidine rings is 1. The number of aromatic nitrogens is 2. The summed E-state index contributed by atoms with van der Waals surface area (Å²) in [6, 6.07) is 0. The SMILES string of the molecule is O=C(O)C1CCN(c2ncc(F)c(Cl)n2)CC1. The molecule has 7 heteroatoms. The van der Waals surface area contributed by atoms with Gasteiger partial charge in [0.15, 0.2) is 11.0 Å². The summed E-state index contributed by atoms with van der Waals surface area (Å²) >= 11 is 5.57. The van der Waals surface area contributed by atoms with Crippen molar-refractivity contribution in [2.45, 2.75) is 12.8 Å². The molecule has 0 saturated carbocycles. The molecule has 2 rings (SSSR count). The molecular weight excluding hydrogens is 249 g/mol. The van der Waals surface area contributed by atoms with Crippen LogP contribution in [0.25, 0.3) is 0 Å². The lowest BCUT2D eigenvalue weighted by Gasteiger charge is -2.29. The van der Waals surface area contributed by atoms with E-state index in [2.05, 4.69) is 9.97 Å². The van der Waals surface area contributed by atoms with E-state index in [1.165, 1.54) is 0 Å². The molecule has 0 aliphatic carbocycles. The van der Waals surface area contributed by atoms with Gasteiger partial charge in [-0.05, 0) is 12.8 Å². The zero-order valence-electron chi connectivity index (χ0n) is 8.94. The van der Waals surface area contributed by atoms with Gasteiger partial charge in [0, 0.05) is 13.1 Å². The molecule has 5 nitrogen and oxygen atoms in total. The molecule has 0 radical (unpaired) electrons. The van der Waals surface area contributed by atoms with Crippen molar-refractivity contribution in [3.8, 4) is 0 Å². The summed E-state index contributed by atoms with van der Waals surface area (Å²) in [5.41, 5.74) is 0. The van der Waals surface area contributed by atoms with Gasteiger partial charge in [-0.1, -0.05) is 11.6 Å². The molecule has 0 amide bonds. The number of carbonyl (C=O) groups is 1. The first-order chi connectivity index (χ1) is 8.08. The standard InChI is InChI=1S/C10H11ClFN3O2/c11-8-7(12)5-13-10(14-8)15-3-1-6(2-4-15)9(16)17/h5-6H,1-4H2,(H,16,17). The summed E-state index contributed by atoms with van der Waals surface area (Å²) in [4.78, 5) is 20.3. The number of anilines is 1. The Morgan fingerprint density at radius 2 is 2.18 bits per heavy atom. The van der Waals surface area contributed by atoms with Gasteiger partial charge in [0.1, 0.15) is 0 Å². The van der Waals surface area contributed by atoms with Gasteiger partial charge < -0.3 is 10.0 Å². The Kier molecular flexibility index (Phi) is 3.42. The number of hydrogen-bond donors (Lipinski definition) is 1. The predicted molar refractivity (Wildman–Crippen MR) is 59.6 cm³/mol. The Balaban J connectivity index is 2.05. The number of carboxylic acids is 1. The fourth-order valence-corrected chi connectivity index (χ4v) is 1.94. The van der Waals surface area contributed by atoms with Crippen LogP contribution in [0, 0.1) is 11.7 Å². The third-order valence-electron chi connectivity index (χ3n) is 2.82. The first-order valence-electron chi connectivity index (χ1n) is 5.23. The van der Waals surface area contributed by atoms with Crippen LogP contribution in [0.2, 0.25) is 5.15 Å². The highest BCUT2D eigenvalue weighted by Crippen LogP contribution is 2.22. The minimum atomic E-state index is -0.775. The van der Waals surface area contributed by atoms with Crippen LogP contribution in [-0.4, -0.2) is 34.1 Å². The van der Waals surface area contributed by atoms with Crippen LogP contribution in [0.5, 0.6) is 0 Å². The summed E-state index contributed by atoms with van der Waals surface area (Å²) in [7, 11) is 0. The lowest BCUT2D eigenvalue weighted by Crippen LogP contribution is -2.37. The van der Waals surface area contributed by atoms with E-state index in [9.17, 15) is 9.18 Å². The average molecular weight is 260 g/mol. The lowest BCUT2D eigenvalue weighted by atomic mass is 9.97. The Hall–Kier alpha value is -1.43. The van der Waals surface area contributed by atoms with Crippen molar-refractivity contribution >= 4 is 23.5 Å². The minimum Gasteiger partial charge on any atom is -0.481 e. The van der Waals surface area contributed by atoms with Gasteiger partial charge in [0.25, 0.3) is 0 Å². The van der Waals surface area contributed by atoms with E-state index in [0.717, 1.165) is 6.20 Å². The van der Waals surface area contributed by atoms with Gasteiger partial charge in [-0.2, -0.15) is 4.98 Å². The second-order valence-corrected chi connectivity index (χ2v) is 4.27. The number of aliphatic carboxylic acids is 1. The summed E-state index contributed by atoms with van der Waals surface area (Å²) in [6.07, 6.45) is 2.09. The highest BCUT2D eigenvalue weighted by molar-refractivity contribution is 6.29. The molecular formula is C10H11ClFN3O2. The van der Waals surface area contributed by atoms with Gasteiger partial charge in [0.05, 0.1) is 12.1 Å². The highest BCUT2D eigenvalue weighted by Gasteiger charge is 2.25. The molecule has 0 spiro atoms. The highest BCUT2D eigenvalue weighted by atomic mass is 35.5. The molecule has 0 unspecified atom stereocenters. The Labute approximate surface area is 102 Å². The zero-order valence-corrected chi connectivity index (χ0v) is 9.69. The molecule has 1 aromatic heterocycles. The average Bonchev–Trinajstić information content (AvgIpc) is 2.33. The normalized spacial score (nSPS) is 17.2. The van der Waals surface area contributed by atoms with Crippen molar-refractivity contribution < 1.29 is 14.3 Å². The molecule has 92 valence electrons. The van der Waals surface area contributed by atoms with Gasteiger partial charge in [-0.3, -0.25) is 4.79 Å². The van der Waals surface area contributed by atoms with Crippen LogP contribution in [-0.2, 0) is 4.79 Å². The molecule has 1 N–H and O–H groups in total. The predicted octanol–water partition coefficient (Wildman–Crippen LogP) is 1.57. The number of halogens is 2. The maximum absolute atomic E-state index is 12.9. The van der Waals surface area contributed by atoms with Crippen LogP contribution in [0.4, 0.5) is 10.3 Å². The first kappa shape index (κ1) is 12.0. The lowest BCUT2D eigenvalue weighted by molar-refractivity contribution is -0.142. The summed E-state index contributed by atoms with van der Waals surface area (Å²) in [6.45, 7) is 1.08. The van der Waals surface area contributed by atoms with E-state index in [1.54, 1.807) is 0 Å². The molecule has 0 aromatic carbocycles. The van der Waals surface area contributed by atoms with E-state index < -0.39 is 11.8 Å².